The highest BCUT2D eigenvalue weighted by Gasteiger charge is 2.03. The van der Waals surface area contributed by atoms with Crippen molar-refractivity contribution in [3.63, 3.8) is 0 Å². The fourth-order valence-electron chi connectivity index (χ4n) is 0.622. The van der Waals surface area contributed by atoms with Crippen molar-refractivity contribution in [2.24, 2.45) is 5.84 Å². The van der Waals surface area contributed by atoms with Crippen molar-refractivity contribution in [2.75, 3.05) is 26.2 Å². The van der Waals surface area contributed by atoms with Crippen LogP contribution in [0.15, 0.2) is 0 Å². The molecule has 0 aliphatic carbocycles. The Morgan fingerprint density at radius 2 is 1.86 bits per heavy atom. The van der Waals surface area contributed by atoms with E-state index in [-0.39, 0.29) is 0 Å². The van der Waals surface area contributed by atoms with Gasteiger partial charge in [0, 0.05) is 26.2 Å². The monoisotopic (exact) mass is 100 g/mol. The van der Waals surface area contributed by atoms with Crippen LogP contribution in [0.2, 0.25) is 0 Å². The minimum Gasteiger partial charge on any atom is -0.269 e. The second-order valence-electron chi connectivity index (χ2n) is 1.71. The second kappa shape index (κ2) is 2.26. The van der Waals surface area contributed by atoms with E-state index in [9.17, 15) is 0 Å². The molecule has 0 amide bonds. The van der Waals surface area contributed by atoms with Gasteiger partial charge in [0.05, 0.1) is 0 Å². The fourth-order valence-corrected chi connectivity index (χ4v) is 0.622. The van der Waals surface area contributed by atoms with E-state index >= 15 is 0 Å². The average Bonchev–Trinajstić information content (AvgIpc) is 1.69. The summed E-state index contributed by atoms with van der Waals surface area (Å²) >= 11 is 0. The third-order valence-corrected chi connectivity index (χ3v) is 1.09. The number of piperazine rings is 1. The molecule has 0 aromatic heterocycles. The number of hydrazine groups is 1. The first kappa shape index (κ1) is 5.03. The molecule has 2 N–H and O–H groups in total. The predicted molar refractivity (Wildman–Crippen MR) is 27.6 cm³/mol. The smallest absolute Gasteiger partial charge is 0.0275 e. The third-order valence-electron chi connectivity index (χ3n) is 1.09. The predicted octanol–water partition coefficient (Wildman–Crippen LogP) is -1.22. The first-order valence-electron chi connectivity index (χ1n) is 2.52. The van der Waals surface area contributed by atoms with Gasteiger partial charge in [-0.3, -0.25) is 5.84 Å². The molecule has 3 heteroatoms. The van der Waals surface area contributed by atoms with Gasteiger partial charge in [0.2, 0.25) is 0 Å². The van der Waals surface area contributed by atoms with Gasteiger partial charge in [0.15, 0.2) is 0 Å². The van der Waals surface area contributed by atoms with Crippen molar-refractivity contribution in [1.29, 1.82) is 0 Å². The third kappa shape index (κ3) is 1.43. The largest absolute Gasteiger partial charge is 0.269 e. The molecule has 0 aromatic rings. The molecule has 1 heterocycles. The van der Waals surface area contributed by atoms with Gasteiger partial charge in [-0.15, -0.1) is 0 Å². The highest BCUT2D eigenvalue weighted by molar-refractivity contribution is 4.59. The zero-order valence-electron chi connectivity index (χ0n) is 4.30. The average molecular weight is 100 g/mol. The van der Waals surface area contributed by atoms with Crippen LogP contribution >= 0.6 is 0 Å². The second-order valence-corrected chi connectivity index (χ2v) is 1.71. The molecule has 0 saturated carbocycles. The van der Waals surface area contributed by atoms with Crippen LogP contribution in [0, 0.1) is 0 Å². The first-order chi connectivity index (χ1) is 3.39. The van der Waals surface area contributed by atoms with Gasteiger partial charge in [-0.05, 0) is 0 Å². The maximum atomic E-state index is 5.41. The molecule has 1 rings (SSSR count). The number of rotatable bonds is 0. The van der Waals surface area contributed by atoms with E-state index in [1.54, 1.807) is 5.01 Å². The highest BCUT2D eigenvalue weighted by atomic mass is 15.4. The standard InChI is InChI=1S/C4H10N3/c5-7-3-1-6-2-4-7/h1-5H2. The van der Waals surface area contributed by atoms with Crippen molar-refractivity contribution in [2.45, 2.75) is 0 Å². The first-order valence-corrected chi connectivity index (χ1v) is 2.52. The molecule has 1 saturated heterocycles. The molecule has 0 bridgehead atoms. The molecule has 0 atom stereocenters. The molecular formula is C4H10N3. The Kier molecular flexibility index (Phi) is 1.62. The molecule has 1 aliphatic heterocycles. The van der Waals surface area contributed by atoms with Gasteiger partial charge < -0.3 is 0 Å². The molecule has 0 unspecified atom stereocenters. The minimum atomic E-state index is 0.913. The molecule has 7 heavy (non-hydrogen) atoms. The lowest BCUT2D eigenvalue weighted by Crippen LogP contribution is -2.44. The van der Waals surface area contributed by atoms with Gasteiger partial charge >= 0.3 is 0 Å². The van der Waals surface area contributed by atoms with E-state index in [1.807, 2.05) is 0 Å². The molecule has 41 valence electrons. The Bertz CT molecular complexity index is 48.9. The maximum absolute atomic E-state index is 5.41. The Morgan fingerprint density at radius 3 is 2.14 bits per heavy atom. The van der Waals surface area contributed by atoms with Crippen LogP contribution in [-0.4, -0.2) is 31.2 Å². The lowest BCUT2D eigenvalue weighted by molar-refractivity contribution is 0.245. The van der Waals surface area contributed by atoms with Gasteiger partial charge in [-0.1, -0.05) is 0 Å². The molecule has 0 aromatic carbocycles. The Morgan fingerprint density at radius 1 is 1.29 bits per heavy atom. The zero-order valence-corrected chi connectivity index (χ0v) is 4.30. The summed E-state index contributed by atoms with van der Waals surface area (Å²) in [5.41, 5.74) is 0. The number of nitrogens with zero attached hydrogens (tertiary/aromatic N) is 2. The van der Waals surface area contributed by atoms with E-state index in [0.717, 1.165) is 26.2 Å². The topological polar surface area (TPSA) is 43.4 Å². The number of hydrogen-bond acceptors (Lipinski definition) is 2. The molecule has 3 nitrogen and oxygen atoms in total. The van der Waals surface area contributed by atoms with Crippen molar-refractivity contribution >= 4 is 0 Å². The molecule has 1 aliphatic rings. The van der Waals surface area contributed by atoms with Crippen LogP contribution in [0.25, 0.3) is 0 Å². The minimum absolute atomic E-state index is 0.913. The van der Waals surface area contributed by atoms with Crippen LogP contribution in [-0.2, 0) is 0 Å². The van der Waals surface area contributed by atoms with Crippen LogP contribution in [0.5, 0.6) is 0 Å². The van der Waals surface area contributed by atoms with Crippen LogP contribution in [0.3, 0.4) is 0 Å². The highest BCUT2D eigenvalue weighted by Crippen LogP contribution is 1.81. The Balaban J connectivity index is 2.12. The Labute approximate surface area is 43.4 Å². The van der Waals surface area contributed by atoms with E-state index in [0.29, 0.717) is 0 Å². The van der Waals surface area contributed by atoms with Crippen LogP contribution in [0.1, 0.15) is 0 Å². The van der Waals surface area contributed by atoms with Gasteiger partial charge in [-0.25, -0.2) is 10.3 Å². The summed E-state index contributed by atoms with van der Waals surface area (Å²) < 4.78 is 0. The summed E-state index contributed by atoms with van der Waals surface area (Å²) in [7, 11) is 0. The van der Waals surface area contributed by atoms with Crippen molar-refractivity contribution in [3.8, 4) is 0 Å². The maximum Gasteiger partial charge on any atom is 0.0275 e. The number of nitrogens with two attached hydrogens (primary N) is 1. The lowest BCUT2D eigenvalue weighted by atomic mass is 10.4. The van der Waals surface area contributed by atoms with Crippen molar-refractivity contribution in [1.82, 2.24) is 10.3 Å². The number of hydrogen-bond donors (Lipinski definition) is 1. The van der Waals surface area contributed by atoms with E-state index in [2.05, 4.69) is 5.32 Å². The summed E-state index contributed by atoms with van der Waals surface area (Å²) in [4.78, 5) is 0. The van der Waals surface area contributed by atoms with Crippen molar-refractivity contribution < 1.29 is 0 Å². The Hall–Kier alpha value is -0.120. The molecular weight excluding hydrogens is 90.1 g/mol. The lowest BCUT2D eigenvalue weighted by Gasteiger charge is -2.20. The van der Waals surface area contributed by atoms with Crippen LogP contribution < -0.4 is 11.2 Å². The summed E-state index contributed by atoms with van der Waals surface area (Å²) in [5.74, 6) is 5.41. The SMILES string of the molecule is NN1CC[N]CC1. The molecule has 1 fully saturated rings. The fraction of sp³-hybridized carbons (Fsp3) is 1.00. The summed E-state index contributed by atoms with van der Waals surface area (Å²) in [6.45, 7) is 3.69. The zero-order chi connectivity index (χ0) is 5.11. The van der Waals surface area contributed by atoms with E-state index in [1.165, 1.54) is 0 Å². The normalized spacial score (nSPS) is 25.3. The van der Waals surface area contributed by atoms with Gasteiger partial charge in [-0.2, -0.15) is 0 Å². The van der Waals surface area contributed by atoms with Gasteiger partial charge in [0.1, 0.15) is 0 Å². The summed E-state index contributed by atoms with van der Waals surface area (Å²) in [6, 6.07) is 0. The molecule has 0 spiro atoms. The van der Waals surface area contributed by atoms with Crippen molar-refractivity contribution in [3.05, 3.63) is 0 Å². The molecule has 1 radical (unpaired) electrons. The quantitative estimate of drug-likeness (QED) is 0.388. The van der Waals surface area contributed by atoms with Gasteiger partial charge in [0.25, 0.3) is 0 Å². The van der Waals surface area contributed by atoms with Crippen LogP contribution in [0.4, 0.5) is 0 Å². The summed E-state index contributed by atoms with van der Waals surface area (Å²) in [5, 5.41) is 5.90. The summed E-state index contributed by atoms with van der Waals surface area (Å²) in [6.07, 6.45) is 0. The van der Waals surface area contributed by atoms with E-state index < -0.39 is 0 Å². The van der Waals surface area contributed by atoms with E-state index in [4.69, 9.17) is 5.84 Å².